The third-order valence-corrected chi connectivity index (χ3v) is 4.88. The van der Waals surface area contributed by atoms with E-state index in [2.05, 4.69) is 0 Å². The smallest absolute Gasteiger partial charge is 0.326 e. The molecular weight excluding hydrogens is 246 g/mol. The van der Waals surface area contributed by atoms with Crippen LogP contribution in [0.2, 0.25) is 0 Å². The lowest BCUT2D eigenvalue weighted by atomic mass is 9.94. The molecule has 3 N–H and O–H groups in total. The number of carboxylic acids is 1. The first kappa shape index (κ1) is 12.7. The van der Waals surface area contributed by atoms with Crippen molar-refractivity contribution >= 4 is 12.0 Å². The van der Waals surface area contributed by atoms with Gasteiger partial charge in [-0.05, 0) is 31.1 Å². The Morgan fingerprint density at radius 2 is 1.95 bits per heavy atom. The van der Waals surface area contributed by atoms with Crippen molar-refractivity contribution < 1.29 is 14.7 Å². The van der Waals surface area contributed by atoms with Gasteiger partial charge in [-0.15, -0.1) is 0 Å². The lowest BCUT2D eigenvalue weighted by Gasteiger charge is -2.29. The summed E-state index contributed by atoms with van der Waals surface area (Å²) < 4.78 is 0. The van der Waals surface area contributed by atoms with Gasteiger partial charge in [0.25, 0.3) is 0 Å². The summed E-state index contributed by atoms with van der Waals surface area (Å²) in [4.78, 5) is 27.3. The molecule has 0 aromatic heterocycles. The molecule has 2 heterocycles. The molecule has 4 unspecified atom stereocenters. The molecule has 0 aromatic rings. The van der Waals surface area contributed by atoms with Crippen molar-refractivity contribution in [2.45, 2.75) is 37.8 Å². The van der Waals surface area contributed by atoms with Crippen LogP contribution in [-0.4, -0.2) is 58.6 Å². The summed E-state index contributed by atoms with van der Waals surface area (Å²) in [5, 5.41) is 9.44. The van der Waals surface area contributed by atoms with Gasteiger partial charge in [0, 0.05) is 25.7 Å². The Morgan fingerprint density at radius 3 is 2.58 bits per heavy atom. The molecule has 0 spiro atoms. The molecule has 1 saturated carbocycles. The maximum Gasteiger partial charge on any atom is 0.326 e. The van der Waals surface area contributed by atoms with Crippen molar-refractivity contribution in [3.63, 3.8) is 0 Å². The summed E-state index contributed by atoms with van der Waals surface area (Å²) in [5.74, 6) is -0.328. The van der Waals surface area contributed by atoms with Gasteiger partial charge in [0.05, 0.1) is 0 Å². The molecule has 0 radical (unpaired) electrons. The predicted octanol–water partition coefficient (Wildman–Crippen LogP) is 0.324. The predicted molar refractivity (Wildman–Crippen MR) is 68.5 cm³/mol. The Morgan fingerprint density at radius 1 is 1.16 bits per heavy atom. The van der Waals surface area contributed by atoms with Crippen LogP contribution in [0.4, 0.5) is 4.79 Å². The highest BCUT2D eigenvalue weighted by atomic mass is 16.4. The van der Waals surface area contributed by atoms with Crippen molar-refractivity contribution in [1.29, 1.82) is 0 Å². The van der Waals surface area contributed by atoms with Crippen molar-refractivity contribution in [3.05, 3.63) is 0 Å². The van der Waals surface area contributed by atoms with E-state index in [-0.39, 0.29) is 18.0 Å². The highest BCUT2D eigenvalue weighted by Gasteiger charge is 2.50. The first-order valence-electron chi connectivity index (χ1n) is 7.12. The molecule has 3 aliphatic rings. The van der Waals surface area contributed by atoms with E-state index in [4.69, 9.17) is 5.73 Å². The fourth-order valence-electron chi connectivity index (χ4n) is 3.96. The Kier molecular flexibility index (Phi) is 3.12. The van der Waals surface area contributed by atoms with Crippen LogP contribution in [0.15, 0.2) is 0 Å². The summed E-state index contributed by atoms with van der Waals surface area (Å²) in [7, 11) is 0. The number of hydrogen-bond donors (Lipinski definition) is 2. The van der Waals surface area contributed by atoms with E-state index >= 15 is 0 Å². The van der Waals surface area contributed by atoms with Gasteiger partial charge in [0.1, 0.15) is 6.04 Å². The topological polar surface area (TPSA) is 86.9 Å². The number of carbonyl (C=O) groups is 2. The van der Waals surface area contributed by atoms with Crippen LogP contribution in [-0.2, 0) is 4.79 Å². The third kappa shape index (κ3) is 2.08. The number of carboxylic acid groups (broad SMARTS) is 1. The van der Waals surface area contributed by atoms with E-state index in [0.717, 1.165) is 25.7 Å². The number of aliphatic carboxylic acids is 1. The molecular formula is C13H21N3O3. The number of likely N-dealkylation sites (tertiary alicyclic amines) is 2. The third-order valence-electron chi connectivity index (χ3n) is 4.88. The maximum absolute atomic E-state index is 12.5. The number of hydrogen-bond acceptors (Lipinski definition) is 3. The van der Waals surface area contributed by atoms with Gasteiger partial charge in [-0.25, -0.2) is 9.59 Å². The van der Waals surface area contributed by atoms with Gasteiger partial charge >= 0.3 is 12.0 Å². The Labute approximate surface area is 112 Å². The highest BCUT2D eigenvalue weighted by molar-refractivity contribution is 5.84. The van der Waals surface area contributed by atoms with Crippen LogP contribution in [0.5, 0.6) is 0 Å². The SMILES string of the molecule is NC1CCN(C(=O)N2CC3CCCC3C2C(=O)O)C1. The summed E-state index contributed by atoms with van der Waals surface area (Å²) in [6, 6.07) is -0.721. The number of nitrogens with two attached hydrogens (primary N) is 1. The Hall–Kier alpha value is -1.30. The van der Waals surface area contributed by atoms with Gasteiger partial charge in [0.2, 0.25) is 0 Å². The normalized spacial score (nSPS) is 37.7. The number of nitrogens with zero attached hydrogens (tertiary/aromatic N) is 2. The standard InChI is InChI=1S/C13H21N3O3/c14-9-4-5-15(7-9)13(19)16-6-8-2-1-3-10(8)11(16)12(17)18/h8-11H,1-7,14H2,(H,17,18). The first-order valence-corrected chi connectivity index (χ1v) is 7.12. The summed E-state index contributed by atoms with van der Waals surface area (Å²) in [6.07, 6.45) is 3.89. The summed E-state index contributed by atoms with van der Waals surface area (Å²) in [5.41, 5.74) is 5.82. The zero-order chi connectivity index (χ0) is 13.6. The van der Waals surface area contributed by atoms with Gasteiger partial charge in [-0.3, -0.25) is 0 Å². The lowest BCUT2D eigenvalue weighted by molar-refractivity contribution is -0.142. The molecule has 4 atom stereocenters. The van der Waals surface area contributed by atoms with Crippen molar-refractivity contribution in [1.82, 2.24) is 9.80 Å². The van der Waals surface area contributed by atoms with E-state index < -0.39 is 12.0 Å². The minimum Gasteiger partial charge on any atom is -0.480 e. The lowest BCUT2D eigenvalue weighted by Crippen LogP contribution is -2.49. The minimum atomic E-state index is -0.855. The fourth-order valence-corrected chi connectivity index (χ4v) is 3.96. The van der Waals surface area contributed by atoms with E-state index in [9.17, 15) is 14.7 Å². The van der Waals surface area contributed by atoms with Gasteiger partial charge in [-0.2, -0.15) is 0 Å². The molecule has 3 rings (SSSR count). The van der Waals surface area contributed by atoms with Gasteiger partial charge in [-0.1, -0.05) is 6.42 Å². The number of rotatable bonds is 1. The zero-order valence-corrected chi connectivity index (χ0v) is 11.0. The van der Waals surface area contributed by atoms with Crippen LogP contribution in [0.3, 0.4) is 0 Å². The van der Waals surface area contributed by atoms with Crippen LogP contribution >= 0.6 is 0 Å². The minimum absolute atomic E-state index is 0.0364. The average Bonchev–Trinajstić information content (AvgIpc) is 3.00. The molecule has 0 aromatic carbocycles. The van der Waals surface area contributed by atoms with Crippen LogP contribution in [0.1, 0.15) is 25.7 Å². The molecule has 3 fully saturated rings. The van der Waals surface area contributed by atoms with Crippen molar-refractivity contribution in [3.8, 4) is 0 Å². The quantitative estimate of drug-likeness (QED) is 0.716. The molecule has 106 valence electrons. The Bertz CT molecular complexity index is 401. The summed E-state index contributed by atoms with van der Waals surface area (Å²) in [6.45, 7) is 1.81. The second-order valence-electron chi connectivity index (χ2n) is 6.07. The number of urea groups is 1. The number of amides is 2. The largest absolute Gasteiger partial charge is 0.480 e. The number of fused-ring (bicyclic) bond motifs is 1. The van der Waals surface area contributed by atoms with Crippen LogP contribution < -0.4 is 5.73 Å². The first-order chi connectivity index (χ1) is 9.08. The molecule has 6 heteroatoms. The molecule has 6 nitrogen and oxygen atoms in total. The molecule has 2 saturated heterocycles. The fraction of sp³-hybridized carbons (Fsp3) is 0.846. The summed E-state index contributed by atoms with van der Waals surface area (Å²) >= 11 is 0. The van der Waals surface area contributed by atoms with Crippen LogP contribution in [0, 0.1) is 11.8 Å². The molecule has 0 bridgehead atoms. The molecule has 2 amide bonds. The van der Waals surface area contributed by atoms with E-state index in [1.807, 2.05) is 0 Å². The monoisotopic (exact) mass is 267 g/mol. The molecule has 1 aliphatic carbocycles. The van der Waals surface area contributed by atoms with E-state index in [1.165, 1.54) is 0 Å². The maximum atomic E-state index is 12.5. The second-order valence-corrected chi connectivity index (χ2v) is 6.07. The van der Waals surface area contributed by atoms with Gasteiger partial charge in [0.15, 0.2) is 0 Å². The van der Waals surface area contributed by atoms with E-state index in [0.29, 0.717) is 25.6 Å². The molecule has 2 aliphatic heterocycles. The van der Waals surface area contributed by atoms with Crippen molar-refractivity contribution in [2.24, 2.45) is 17.6 Å². The number of carbonyl (C=O) groups excluding carboxylic acids is 1. The average molecular weight is 267 g/mol. The van der Waals surface area contributed by atoms with Crippen LogP contribution in [0.25, 0.3) is 0 Å². The molecule has 19 heavy (non-hydrogen) atoms. The van der Waals surface area contributed by atoms with Gasteiger partial charge < -0.3 is 20.6 Å². The zero-order valence-electron chi connectivity index (χ0n) is 11.0. The van der Waals surface area contributed by atoms with E-state index in [1.54, 1.807) is 9.80 Å². The second kappa shape index (κ2) is 4.67. The Balaban J connectivity index is 1.76. The van der Waals surface area contributed by atoms with Crippen molar-refractivity contribution in [2.75, 3.05) is 19.6 Å². The highest BCUT2D eigenvalue weighted by Crippen LogP contribution is 2.42.